The van der Waals surface area contributed by atoms with Gasteiger partial charge in [0.2, 0.25) is 0 Å². The molecule has 0 saturated heterocycles. The Hall–Kier alpha value is -2.53. The number of rotatable bonds is 7. The molecular formula is C29H31F6N3S2. The Bertz CT molecular complexity index is 1320. The highest BCUT2D eigenvalue weighted by molar-refractivity contribution is 8.22. The van der Waals surface area contributed by atoms with Crippen molar-refractivity contribution in [2.45, 2.75) is 64.1 Å². The molecule has 1 heterocycles. The molecule has 0 aliphatic heterocycles. The molecule has 11 heteroatoms. The monoisotopic (exact) mass is 599 g/mol. The molecule has 0 N–H and O–H groups in total. The summed E-state index contributed by atoms with van der Waals surface area (Å²) in [5, 5.41) is 0.886. The maximum absolute atomic E-state index is 13.5. The smallest absolute Gasteiger partial charge is 0.356 e. The summed E-state index contributed by atoms with van der Waals surface area (Å²) < 4.78 is 81.4. The highest BCUT2D eigenvalue weighted by Gasteiger charge is 2.37. The van der Waals surface area contributed by atoms with Crippen molar-refractivity contribution in [2.24, 2.45) is 5.92 Å². The predicted octanol–water partition coefficient (Wildman–Crippen LogP) is 8.94. The number of thioether (sulfide) groups is 1. The first-order valence-corrected chi connectivity index (χ1v) is 14.6. The van der Waals surface area contributed by atoms with Gasteiger partial charge in [0.1, 0.15) is 10.1 Å². The number of thiocarbonyl (C=S) groups is 1. The van der Waals surface area contributed by atoms with E-state index in [1.54, 1.807) is 11.2 Å². The fourth-order valence-electron chi connectivity index (χ4n) is 5.37. The van der Waals surface area contributed by atoms with Crippen molar-refractivity contribution in [3.05, 3.63) is 70.8 Å². The number of nitrogens with zero attached hydrogens (tertiary/aromatic N) is 3. The molecule has 1 aromatic heterocycles. The van der Waals surface area contributed by atoms with Crippen LogP contribution in [0.5, 0.6) is 0 Å². The Labute approximate surface area is 239 Å². The maximum atomic E-state index is 13.5. The van der Waals surface area contributed by atoms with Crippen LogP contribution in [0, 0.1) is 5.92 Å². The summed E-state index contributed by atoms with van der Waals surface area (Å²) in [5.74, 6) is 1.24. The van der Waals surface area contributed by atoms with Gasteiger partial charge in [0.05, 0.1) is 16.6 Å². The van der Waals surface area contributed by atoms with Crippen LogP contribution >= 0.6 is 24.0 Å². The number of anilines is 1. The quantitative estimate of drug-likeness (QED) is 0.199. The number of hydrogen-bond acceptors (Lipinski definition) is 4. The lowest BCUT2D eigenvalue weighted by molar-refractivity contribution is -0.143. The van der Waals surface area contributed by atoms with E-state index in [2.05, 4.69) is 11.8 Å². The van der Waals surface area contributed by atoms with Gasteiger partial charge in [-0.1, -0.05) is 43.3 Å². The van der Waals surface area contributed by atoms with E-state index in [1.165, 1.54) is 24.6 Å². The van der Waals surface area contributed by atoms with Crippen LogP contribution < -0.4 is 4.90 Å². The Balaban J connectivity index is 1.75. The summed E-state index contributed by atoms with van der Waals surface area (Å²) in [6.45, 7) is 2.12. The molecule has 3 aromatic rings. The lowest BCUT2D eigenvalue weighted by Gasteiger charge is -2.33. The molecule has 0 radical (unpaired) electrons. The van der Waals surface area contributed by atoms with E-state index in [0.29, 0.717) is 10.2 Å². The highest BCUT2D eigenvalue weighted by atomic mass is 32.2. The predicted molar refractivity (Wildman–Crippen MR) is 153 cm³/mol. The van der Waals surface area contributed by atoms with Gasteiger partial charge < -0.3 is 9.80 Å². The first kappa shape index (κ1) is 30.4. The average molecular weight is 600 g/mol. The second-order valence-electron chi connectivity index (χ2n) is 10.3. The zero-order chi connectivity index (χ0) is 29.2. The van der Waals surface area contributed by atoms with Gasteiger partial charge in [0, 0.05) is 37.1 Å². The molecule has 0 spiro atoms. The molecule has 40 heavy (non-hydrogen) atoms. The van der Waals surface area contributed by atoms with Crippen LogP contribution in [0.3, 0.4) is 0 Å². The number of alkyl halides is 6. The first-order chi connectivity index (χ1) is 18.8. The zero-order valence-corrected chi connectivity index (χ0v) is 24.1. The van der Waals surface area contributed by atoms with Gasteiger partial charge in [0.15, 0.2) is 0 Å². The molecule has 0 amide bonds. The van der Waals surface area contributed by atoms with Crippen molar-refractivity contribution < 1.29 is 26.3 Å². The van der Waals surface area contributed by atoms with Gasteiger partial charge in [-0.25, -0.2) is 4.98 Å². The van der Waals surface area contributed by atoms with Crippen LogP contribution in [0.1, 0.15) is 54.9 Å². The molecule has 1 atom stereocenters. The summed E-state index contributed by atoms with van der Waals surface area (Å²) in [5.41, 5.74) is -1.21. The maximum Gasteiger partial charge on any atom is 0.416 e. The zero-order valence-electron chi connectivity index (χ0n) is 22.4. The van der Waals surface area contributed by atoms with Gasteiger partial charge in [-0.2, -0.15) is 26.3 Å². The minimum absolute atomic E-state index is 0.124. The van der Waals surface area contributed by atoms with Crippen LogP contribution in [0.25, 0.3) is 10.9 Å². The fraction of sp³-hybridized carbons (Fsp3) is 0.448. The standard InChI is InChI=1S/C29H31F6N3S2/c1-18(20-8-4-5-9-20)37(2)26-22(14-21-10-6-7-11-25(21)36-26)17-38(27(39)40-3)16-19-12-23(28(30,31)32)15-24(13-19)29(33,34)35/h6-7,10-15,18,20H,4-5,8-9,16-17H2,1-3H3. The van der Waals surface area contributed by atoms with Crippen molar-refractivity contribution >= 4 is 45.0 Å². The second-order valence-corrected chi connectivity index (χ2v) is 11.7. The third-order valence-electron chi connectivity index (χ3n) is 7.62. The summed E-state index contributed by atoms with van der Waals surface area (Å²) >= 11 is 6.76. The lowest BCUT2D eigenvalue weighted by atomic mass is 9.98. The van der Waals surface area contributed by atoms with E-state index in [1.807, 2.05) is 37.4 Å². The molecule has 1 aliphatic carbocycles. The third kappa shape index (κ3) is 7.02. The highest BCUT2D eigenvalue weighted by Crippen LogP contribution is 2.38. The Morgan fingerprint density at radius 3 is 2.15 bits per heavy atom. The Morgan fingerprint density at radius 2 is 1.57 bits per heavy atom. The SMILES string of the molecule is CSC(=S)N(Cc1cc(C(F)(F)F)cc(C(F)(F)F)c1)Cc1cc2ccccc2nc1N(C)C(C)C1CCCC1. The van der Waals surface area contributed by atoms with E-state index in [0.717, 1.165) is 47.3 Å². The van der Waals surface area contributed by atoms with Crippen molar-refractivity contribution in [3.8, 4) is 0 Å². The lowest BCUT2D eigenvalue weighted by Crippen LogP contribution is -2.36. The van der Waals surface area contributed by atoms with Gasteiger partial charge >= 0.3 is 12.4 Å². The fourth-order valence-corrected chi connectivity index (χ4v) is 5.89. The summed E-state index contributed by atoms with van der Waals surface area (Å²) in [7, 11) is 1.99. The van der Waals surface area contributed by atoms with Gasteiger partial charge in [-0.3, -0.25) is 0 Å². The molecule has 1 fully saturated rings. The van der Waals surface area contributed by atoms with Gasteiger partial charge in [-0.15, -0.1) is 11.8 Å². The van der Waals surface area contributed by atoms with Gasteiger partial charge in [-0.05, 0) is 67.8 Å². The molecule has 0 bridgehead atoms. The van der Waals surface area contributed by atoms with Crippen LogP contribution in [0.2, 0.25) is 0 Å². The number of hydrogen-bond donors (Lipinski definition) is 0. The second kappa shape index (κ2) is 12.1. The Morgan fingerprint density at radius 1 is 0.975 bits per heavy atom. The van der Waals surface area contributed by atoms with E-state index >= 15 is 0 Å². The first-order valence-electron chi connectivity index (χ1n) is 13.0. The van der Waals surface area contributed by atoms with E-state index in [9.17, 15) is 26.3 Å². The van der Waals surface area contributed by atoms with Crippen molar-refractivity contribution in [2.75, 3.05) is 18.2 Å². The van der Waals surface area contributed by atoms with E-state index < -0.39 is 23.5 Å². The average Bonchev–Trinajstić information content (AvgIpc) is 3.45. The van der Waals surface area contributed by atoms with Crippen molar-refractivity contribution in [3.63, 3.8) is 0 Å². The van der Waals surface area contributed by atoms with E-state index in [-0.39, 0.29) is 30.8 Å². The summed E-state index contributed by atoms with van der Waals surface area (Å²) in [4.78, 5) is 8.74. The topological polar surface area (TPSA) is 19.4 Å². The molecule has 216 valence electrons. The van der Waals surface area contributed by atoms with Gasteiger partial charge in [0.25, 0.3) is 0 Å². The van der Waals surface area contributed by atoms with E-state index in [4.69, 9.17) is 17.2 Å². The number of benzene rings is 2. The number of aromatic nitrogens is 1. The van der Waals surface area contributed by atoms with Crippen molar-refractivity contribution in [1.82, 2.24) is 9.88 Å². The molecule has 3 nitrogen and oxygen atoms in total. The van der Waals surface area contributed by atoms with Crippen molar-refractivity contribution in [1.29, 1.82) is 0 Å². The molecule has 1 saturated carbocycles. The number of halogens is 6. The number of para-hydroxylation sites is 1. The van der Waals surface area contributed by atoms with Crippen LogP contribution in [-0.2, 0) is 25.4 Å². The molecular weight excluding hydrogens is 568 g/mol. The molecule has 1 aliphatic rings. The normalized spacial score (nSPS) is 15.4. The minimum atomic E-state index is -4.92. The number of fused-ring (bicyclic) bond motifs is 1. The molecule has 4 rings (SSSR count). The molecule has 1 unspecified atom stereocenters. The van der Waals surface area contributed by atoms with Crippen LogP contribution in [-0.4, -0.2) is 33.5 Å². The van der Waals surface area contributed by atoms with Crippen LogP contribution in [0.15, 0.2) is 48.5 Å². The summed E-state index contributed by atoms with van der Waals surface area (Å²) in [6.07, 6.45) is -3.47. The minimum Gasteiger partial charge on any atom is -0.356 e. The molecule has 2 aromatic carbocycles. The number of pyridine rings is 1. The van der Waals surface area contributed by atoms with Crippen LogP contribution in [0.4, 0.5) is 32.2 Å². The third-order valence-corrected chi connectivity index (χ3v) is 8.99. The largest absolute Gasteiger partial charge is 0.416 e. The Kier molecular flexibility index (Phi) is 9.24. The summed E-state index contributed by atoms with van der Waals surface area (Å²) in [6, 6.07) is 11.5.